The molecule has 1 heterocycles. The SMILES string of the molecule is COCCc1ccccc1NC(=O)c1cc(Cl)ncc1N. The molecule has 0 saturated carbocycles. The summed E-state index contributed by atoms with van der Waals surface area (Å²) in [7, 11) is 1.64. The molecule has 110 valence electrons. The van der Waals surface area contributed by atoms with Gasteiger partial charge in [0.05, 0.1) is 24.1 Å². The number of benzene rings is 1. The quantitative estimate of drug-likeness (QED) is 0.833. The average molecular weight is 306 g/mol. The fraction of sp³-hybridized carbons (Fsp3) is 0.200. The molecule has 0 fully saturated rings. The van der Waals surface area contributed by atoms with Crippen LogP contribution in [0.15, 0.2) is 36.5 Å². The lowest BCUT2D eigenvalue weighted by molar-refractivity contribution is 0.102. The molecular weight excluding hydrogens is 290 g/mol. The average Bonchev–Trinajstić information content (AvgIpc) is 2.48. The van der Waals surface area contributed by atoms with Crippen molar-refractivity contribution in [3.63, 3.8) is 0 Å². The van der Waals surface area contributed by atoms with Crippen LogP contribution in [0.1, 0.15) is 15.9 Å². The number of carbonyl (C=O) groups excluding carboxylic acids is 1. The van der Waals surface area contributed by atoms with Crippen LogP contribution >= 0.6 is 11.6 Å². The zero-order valence-electron chi connectivity index (χ0n) is 11.6. The summed E-state index contributed by atoms with van der Waals surface area (Å²) in [6.07, 6.45) is 2.08. The Bertz CT molecular complexity index is 647. The topological polar surface area (TPSA) is 77.2 Å². The Morgan fingerprint density at radius 3 is 2.95 bits per heavy atom. The van der Waals surface area contributed by atoms with Crippen molar-refractivity contribution >= 4 is 28.9 Å². The van der Waals surface area contributed by atoms with Crippen molar-refractivity contribution in [2.24, 2.45) is 0 Å². The van der Waals surface area contributed by atoms with Gasteiger partial charge in [-0.3, -0.25) is 4.79 Å². The molecular formula is C15H16ClN3O2. The highest BCUT2D eigenvalue weighted by atomic mass is 35.5. The predicted octanol–water partition coefficient (Wildman–Crippen LogP) is 2.76. The van der Waals surface area contributed by atoms with E-state index in [9.17, 15) is 4.79 Å². The molecule has 5 nitrogen and oxygen atoms in total. The number of nitrogens with two attached hydrogens (primary N) is 1. The van der Waals surface area contributed by atoms with Gasteiger partial charge in [-0.15, -0.1) is 0 Å². The van der Waals surface area contributed by atoms with E-state index in [0.29, 0.717) is 18.6 Å². The number of nitrogen functional groups attached to an aromatic ring is 1. The van der Waals surface area contributed by atoms with E-state index in [1.807, 2.05) is 24.3 Å². The van der Waals surface area contributed by atoms with Crippen LogP contribution in [0.2, 0.25) is 5.15 Å². The molecule has 0 aliphatic rings. The Morgan fingerprint density at radius 2 is 2.19 bits per heavy atom. The molecule has 0 saturated heterocycles. The normalized spacial score (nSPS) is 10.4. The lowest BCUT2D eigenvalue weighted by Gasteiger charge is -2.12. The number of nitrogens with one attached hydrogen (secondary N) is 1. The summed E-state index contributed by atoms with van der Waals surface area (Å²) >= 11 is 5.80. The van der Waals surface area contributed by atoms with Crippen LogP contribution in [0.3, 0.4) is 0 Å². The van der Waals surface area contributed by atoms with Gasteiger partial charge in [-0.05, 0) is 24.1 Å². The number of carbonyl (C=O) groups is 1. The van der Waals surface area contributed by atoms with Gasteiger partial charge in [-0.25, -0.2) is 4.98 Å². The van der Waals surface area contributed by atoms with Gasteiger partial charge in [0, 0.05) is 12.8 Å². The Morgan fingerprint density at radius 1 is 1.43 bits per heavy atom. The van der Waals surface area contributed by atoms with Gasteiger partial charge < -0.3 is 15.8 Å². The van der Waals surface area contributed by atoms with Gasteiger partial charge in [-0.2, -0.15) is 0 Å². The monoisotopic (exact) mass is 305 g/mol. The van der Waals surface area contributed by atoms with Crippen LogP contribution in [0.25, 0.3) is 0 Å². The zero-order chi connectivity index (χ0) is 15.2. The third-order valence-electron chi connectivity index (χ3n) is 2.99. The molecule has 3 N–H and O–H groups in total. The number of rotatable bonds is 5. The first-order valence-corrected chi connectivity index (χ1v) is 6.79. The van der Waals surface area contributed by atoms with E-state index >= 15 is 0 Å². The number of pyridine rings is 1. The second-order valence-electron chi connectivity index (χ2n) is 4.45. The molecule has 21 heavy (non-hydrogen) atoms. The van der Waals surface area contributed by atoms with E-state index in [-0.39, 0.29) is 16.7 Å². The molecule has 0 radical (unpaired) electrons. The zero-order valence-corrected chi connectivity index (χ0v) is 12.4. The number of hydrogen-bond acceptors (Lipinski definition) is 4. The summed E-state index contributed by atoms with van der Waals surface area (Å²) in [4.78, 5) is 16.1. The van der Waals surface area contributed by atoms with Crippen molar-refractivity contribution in [1.82, 2.24) is 4.98 Å². The highest BCUT2D eigenvalue weighted by Gasteiger charge is 2.13. The molecule has 6 heteroatoms. The third-order valence-corrected chi connectivity index (χ3v) is 3.19. The van der Waals surface area contributed by atoms with E-state index in [0.717, 1.165) is 11.3 Å². The number of methoxy groups -OCH3 is 1. The van der Waals surface area contributed by atoms with Gasteiger partial charge in [-0.1, -0.05) is 29.8 Å². The number of amides is 1. The fourth-order valence-electron chi connectivity index (χ4n) is 1.90. The largest absolute Gasteiger partial charge is 0.397 e. The molecule has 1 amide bonds. The summed E-state index contributed by atoms with van der Waals surface area (Å²) in [5.74, 6) is -0.318. The van der Waals surface area contributed by atoms with E-state index in [1.54, 1.807) is 7.11 Å². The molecule has 1 aromatic heterocycles. The van der Waals surface area contributed by atoms with Crippen LogP contribution in [0.4, 0.5) is 11.4 Å². The third kappa shape index (κ3) is 3.93. The van der Waals surface area contributed by atoms with E-state index in [1.165, 1.54) is 12.3 Å². The van der Waals surface area contributed by atoms with Crippen molar-refractivity contribution < 1.29 is 9.53 Å². The molecule has 0 unspecified atom stereocenters. The molecule has 0 atom stereocenters. The predicted molar refractivity (Wildman–Crippen MR) is 83.6 cm³/mol. The van der Waals surface area contributed by atoms with Crippen LogP contribution in [-0.4, -0.2) is 24.6 Å². The number of hydrogen-bond donors (Lipinski definition) is 2. The molecule has 0 bridgehead atoms. The van der Waals surface area contributed by atoms with E-state index in [4.69, 9.17) is 22.1 Å². The second-order valence-corrected chi connectivity index (χ2v) is 4.84. The minimum absolute atomic E-state index is 0.224. The smallest absolute Gasteiger partial charge is 0.257 e. The maximum Gasteiger partial charge on any atom is 0.257 e. The van der Waals surface area contributed by atoms with Crippen LogP contribution in [0.5, 0.6) is 0 Å². The lowest BCUT2D eigenvalue weighted by atomic mass is 10.1. The Kier molecular flexibility index (Phi) is 5.14. The second kappa shape index (κ2) is 7.06. The number of anilines is 2. The van der Waals surface area contributed by atoms with Gasteiger partial charge >= 0.3 is 0 Å². The van der Waals surface area contributed by atoms with Gasteiger partial charge in [0.2, 0.25) is 0 Å². The highest BCUT2D eigenvalue weighted by molar-refractivity contribution is 6.30. The van der Waals surface area contributed by atoms with Crippen LogP contribution in [0, 0.1) is 0 Å². The molecule has 0 spiro atoms. The van der Waals surface area contributed by atoms with E-state index < -0.39 is 0 Å². The maximum absolute atomic E-state index is 12.3. The molecule has 1 aromatic carbocycles. The van der Waals surface area contributed by atoms with Crippen LogP contribution < -0.4 is 11.1 Å². The first kappa shape index (κ1) is 15.3. The van der Waals surface area contributed by atoms with Gasteiger partial charge in [0.25, 0.3) is 5.91 Å². The summed E-state index contributed by atoms with van der Waals surface area (Å²) in [5, 5.41) is 3.07. The number of nitrogens with zero attached hydrogens (tertiary/aromatic N) is 1. The summed E-state index contributed by atoms with van der Waals surface area (Å²) in [6, 6.07) is 9.00. The first-order valence-electron chi connectivity index (χ1n) is 6.41. The van der Waals surface area contributed by atoms with Gasteiger partial charge in [0.1, 0.15) is 5.15 Å². The van der Waals surface area contributed by atoms with Crippen molar-refractivity contribution in [1.29, 1.82) is 0 Å². The number of ether oxygens (including phenoxy) is 1. The van der Waals surface area contributed by atoms with Gasteiger partial charge in [0.15, 0.2) is 0 Å². The summed E-state index contributed by atoms with van der Waals surface area (Å²) < 4.78 is 5.07. The lowest BCUT2D eigenvalue weighted by Crippen LogP contribution is -2.16. The Labute approximate surface area is 128 Å². The van der Waals surface area contributed by atoms with Crippen molar-refractivity contribution in [3.8, 4) is 0 Å². The highest BCUT2D eigenvalue weighted by Crippen LogP contribution is 2.20. The number of aromatic nitrogens is 1. The van der Waals surface area contributed by atoms with Crippen molar-refractivity contribution in [2.45, 2.75) is 6.42 Å². The van der Waals surface area contributed by atoms with E-state index in [2.05, 4.69) is 10.3 Å². The van der Waals surface area contributed by atoms with Crippen molar-refractivity contribution in [3.05, 3.63) is 52.8 Å². The summed E-state index contributed by atoms with van der Waals surface area (Å²) in [5.41, 5.74) is 8.07. The molecule has 0 aliphatic heterocycles. The minimum Gasteiger partial charge on any atom is -0.397 e. The fourth-order valence-corrected chi connectivity index (χ4v) is 2.06. The van der Waals surface area contributed by atoms with Crippen LogP contribution in [-0.2, 0) is 11.2 Å². The molecule has 0 aliphatic carbocycles. The number of halogens is 1. The minimum atomic E-state index is -0.318. The molecule has 2 aromatic rings. The number of para-hydroxylation sites is 1. The van der Waals surface area contributed by atoms with Crippen molar-refractivity contribution in [2.75, 3.05) is 24.8 Å². The molecule has 2 rings (SSSR count). The Hall–Kier alpha value is -2.11. The standard InChI is InChI=1S/C15H16ClN3O2/c1-21-7-6-10-4-2-3-5-13(10)19-15(20)11-8-14(16)18-9-12(11)17/h2-5,8-9H,6-7,17H2,1H3,(H,19,20). The summed E-state index contributed by atoms with van der Waals surface area (Å²) in [6.45, 7) is 0.579. The first-order chi connectivity index (χ1) is 10.1. The maximum atomic E-state index is 12.3. The Balaban J connectivity index is 2.21.